The summed E-state index contributed by atoms with van der Waals surface area (Å²) in [4.78, 5) is 50.1. The van der Waals surface area contributed by atoms with Gasteiger partial charge in [0.15, 0.2) is 10.9 Å². The molecular weight excluding hydrogens is 567 g/mol. The third-order valence-corrected chi connectivity index (χ3v) is 8.81. The van der Waals surface area contributed by atoms with Crippen molar-refractivity contribution in [1.82, 2.24) is 15.2 Å². The number of aromatic nitrogens is 1. The molecule has 1 aromatic carbocycles. The summed E-state index contributed by atoms with van der Waals surface area (Å²) in [7, 11) is 1.65. The van der Waals surface area contributed by atoms with Crippen LogP contribution in [0.15, 0.2) is 28.7 Å². The van der Waals surface area contributed by atoms with Gasteiger partial charge in [-0.3, -0.25) is 14.4 Å². The molecule has 2 aromatic rings. The fourth-order valence-electron chi connectivity index (χ4n) is 5.64. The van der Waals surface area contributed by atoms with Crippen LogP contribution in [0.1, 0.15) is 30.6 Å². The number of hydrogen-bond acceptors (Lipinski definition) is 9. The van der Waals surface area contributed by atoms with Gasteiger partial charge in [0.05, 0.1) is 51.1 Å². The molecule has 0 aliphatic carbocycles. The SMILES string of the molecule is CC(C)CC(NC(=O)c1ccc(-c2csc(N3CC[N+](C)([O-])CC3)n2)c(F)c1)C(=O)N1CC(N=[N+]=[N-])C2OCC(=O)C21. The van der Waals surface area contributed by atoms with Crippen molar-refractivity contribution >= 4 is 34.1 Å². The van der Waals surface area contributed by atoms with Gasteiger partial charge in [-0.2, -0.15) is 0 Å². The molecule has 13 nitrogen and oxygen atoms in total. The van der Waals surface area contributed by atoms with E-state index in [1.165, 1.54) is 28.4 Å². The number of Topliss-reactive ketones (excluding diaryl/α,β-unsaturated/α-hetero) is 1. The molecule has 4 atom stereocenters. The summed E-state index contributed by atoms with van der Waals surface area (Å²) in [6.07, 6.45) is -0.440. The molecule has 3 fully saturated rings. The number of carbonyl (C=O) groups is 3. The lowest BCUT2D eigenvalue weighted by Gasteiger charge is -2.45. The fraction of sp³-hybridized carbons (Fsp3) is 0.556. The predicted octanol–water partition coefficient (Wildman–Crippen LogP) is 2.72. The third-order valence-electron chi connectivity index (χ3n) is 7.91. The van der Waals surface area contributed by atoms with Crippen LogP contribution in [0.2, 0.25) is 0 Å². The maximum absolute atomic E-state index is 15.3. The smallest absolute Gasteiger partial charge is 0.252 e. The molecule has 224 valence electrons. The Hall–Kier alpha value is -3.62. The molecule has 0 bridgehead atoms. The molecule has 0 radical (unpaired) electrons. The van der Waals surface area contributed by atoms with Crippen molar-refractivity contribution in [1.29, 1.82) is 0 Å². The van der Waals surface area contributed by atoms with Crippen molar-refractivity contribution in [2.45, 2.75) is 44.5 Å². The number of hydrogen-bond donors (Lipinski definition) is 1. The number of anilines is 1. The standard InChI is InChI=1S/C27H33FN8O5S/c1-15(2)10-19(26(39)35-12-20(32-33-29)24-23(35)22(37)13-41-24)30-25(38)16-4-5-17(18(28)11-16)21-14-42-27(31-21)34-6-8-36(3,40)9-7-34/h4-5,11,14-15,19-20,23-24H,6-10,12-13H2,1-3H3,(H,30,38). The summed E-state index contributed by atoms with van der Waals surface area (Å²) in [6, 6.07) is 1.49. The van der Waals surface area contributed by atoms with E-state index in [0.717, 1.165) is 6.07 Å². The average molecular weight is 601 g/mol. The highest BCUT2D eigenvalue weighted by molar-refractivity contribution is 7.14. The lowest BCUT2D eigenvalue weighted by atomic mass is 10.0. The highest BCUT2D eigenvalue weighted by Crippen LogP contribution is 2.32. The monoisotopic (exact) mass is 600 g/mol. The van der Waals surface area contributed by atoms with Gasteiger partial charge >= 0.3 is 0 Å². The van der Waals surface area contributed by atoms with Gasteiger partial charge in [0.25, 0.3) is 5.91 Å². The van der Waals surface area contributed by atoms with Gasteiger partial charge in [-0.1, -0.05) is 19.0 Å². The number of nitrogens with zero attached hydrogens (tertiary/aromatic N) is 7. The van der Waals surface area contributed by atoms with E-state index >= 15 is 4.39 Å². The second kappa shape index (κ2) is 11.9. The number of likely N-dealkylation sites (tertiary alicyclic amines) is 1. The van der Waals surface area contributed by atoms with Crippen molar-refractivity contribution in [3.05, 3.63) is 50.6 Å². The van der Waals surface area contributed by atoms with E-state index in [0.29, 0.717) is 37.0 Å². The van der Waals surface area contributed by atoms with Crippen molar-refractivity contribution in [3.63, 3.8) is 0 Å². The van der Waals surface area contributed by atoms with Crippen LogP contribution >= 0.6 is 11.3 Å². The fourth-order valence-corrected chi connectivity index (χ4v) is 6.52. The summed E-state index contributed by atoms with van der Waals surface area (Å²) >= 11 is 1.37. The summed E-state index contributed by atoms with van der Waals surface area (Å²) in [5.74, 6) is -2.03. The zero-order valence-electron chi connectivity index (χ0n) is 23.6. The van der Waals surface area contributed by atoms with Crippen LogP contribution in [0, 0.1) is 16.9 Å². The number of halogens is 1. The maximum Gasteiger partial charge on any atom is 0.252 e. The number of amides is 2. The van der Waals surface area contributed by atoms with Crippen LogP contribution in [0.3, 0.4) is 0 Å². The molecule has 4 unspecified atom stereocenters. The number of hydroxylamine groups is 3. The van der Waals surface area contributed by atoms with Gasteiger partial charge in [0, 0.05) is 28.0 Å². The van der Waals surface area contributed by atoms with E-state index in [4.69, 9.17) is 10.3 Å². The Labute approximate surface area is 246 Å². The normalized spacial score (nSPS) is 24.0. The van der Waals surface area contributed by atoms with Crippen LogP contribution in [-0.4, -0.2) is 103 Å². The maximum atomic E-state index is 15.3. The molecule has 0 saturated carbocycles. The van der Waals surface area contributed by atoms with Crippen molar-refractivity contribution < 1.29 is 28.2 Å². The number of quaternary nitrogens is 1. The van der Waals surface area contributed by atoms with E-state index in [-0.39, 0.29) is 47.0 Å². The topological polar surface area (TPSA) is 164 Å². The van der Waals surface area contributed by atoms with Crippen LogP contribution in [0.5, 0.6) is 0 Å². The first-order valence-electron chi connectivity index (χ1n) is 13.8. The Kier molecular flexibility index (Phi) is 8.49. The van der Waals surface area contributed by atoms with Crippen LogP contribution < -0.4 is 10.2 Å². The minimum absolute atomic E-state index is 0.000148. The number of nitrogens with one attached hydrogen (secondary N) is 1. The third kappa shape index (κ3) is 6.10. The molecule has 15 heteroatoms. The number of azide groups is 1. The van der Waals surface area contributed by atoms with Gasteiger partial charge in [0.1, 0.15) is 24.5 Å². The van der Waals surface area contributed by atoms with Crippen molar-refractivity contribution in [2.24, 2.45) is 11.0 Å². The summed E-state index contributed by atoms with van der Waals surface area (Å²) in [5, 5.41) is 21.0. The first-order chi connectivity index (χ1) is 20.0. The first kappa shape index (κ1) is 29.9. The average Bonchev–Trinajstić information content (AvgIpc) is 3.66. The molecule has 42 heavy (non-hydrogen) atoms. The number of benzene rings is 1. The quantitative estimate of drug-likeness (QED) is 0.160. The molecule has 5 rings (SSSR count). The molecule has 3 aliphatic heterocycles. The molecule has 3 aliphatic rings. The largest absolute Gasteiger partial charge is 0.633 e. The molecule has 1 aromatic heterocycles. The lowest BCUT2D eigenvalue weighted by Crippen LogP contribution is -2.53. The minimum atomic E-state index is -0.987. The zero-order chi connectivity index (χ0) is 30.2. The lowest BCUT2D eigenvalue weighted by molar-refractivity contribution is -0.861. The Morgan fingerprint density at radius 3 is 2.76 bits per heavy atom. The number of carbonyl (C=O) groups excluding carboxylic acids is 3. The van der Waals surface area contributed by atoms with E-state index in [1.807, 2.05) is 18.7 Å². The van der Waals surface area contributed by atoms with Crippen molar-refractivity contribution in [2.75, 3.05) is 51.3 Å². The number of fused-ring (bicyclic) bond motifs is 1. The Bertz CT molecular complexity index is 1420. The molecule has 3 saturated heterocycles. The molecular formula is C27H33FN8O5S. The summed E-state index contributed by atoms with van der Waals surface area (Å²) in [5.41, 5.74) is 9.61. The number of likely N-dealkylation sites (N-methyl/N-ethyl adjacent to an activating group) is 1. The van der Waals surface area contributed by atoms with Crippen LogP contribution in [0.4, 0.5) is 9.52 Å². The zero-order valence-corrected chi connectivity index (χ0v) is 24.4. The second-order valence-corrected chi connectivity index (χ2v) is 12.4. The van der Waals surface area contributed by atoms with Crippen molar-refractivity contribution in [3.8, 4) is 11.3 Å². The number of piperazine rings is 1. The minimum Gasteiger partial charge on any atom is -0.633 e. The highest BCUT2D eigenvalue weighted by Gasteiger charge is 2.53. The predicted molar refractivity (Wildman–Crippen MR) is 153 cm³/mol. The Balaban J connectivity index is 1.30. The van der Waals surface area contributed by atoms with E-state index in [9.17, 15) is 19.6 Å². The van der Waals surface area contributed by atoms with Crippen LogP contribution in [-0.2, 0) is 14.3 Å². The highest BCUT2D eigenvalue weighted by atomic mass is 32.1. The van der Waals surface area contributed by atoms with E-state index in [2.05, 4.69) is 20.3 Å². The van der Waals surface area contributed by atoms with Gasteiger partial charge in [0.2, 0.25) is 5.91 Å². The number of rotatable bonds is 8. The first-order valence-corrected chi connectivity index (χ1v) is 14.7. The molecule has 0 spiro atoms. The van der Waals surface area contributed by atoms with Crippen LogP contribution in [0.25, 0.3) is 21.7 Å². The van der Waals surface area contributed by atoms with Gasteiger partial charge in [-0.25, -0.2) is 9.37 Å². The van der Waals surface area contributed by atoms with E-state index < -0.39 is 41.9 Å². The Morgan fingerprint density at radius 2 is 2.10 bits per heavy atom. The molecule has 1 N–H and O–H groups in total. The number of ketones is 1. The van der Waals surface area contributed by atoms with Gasteiger partial charge in [-0.15, -0.1) is 11.3 Å². The summed E-state index contributed by atoms with van der Waals surface area (Å²) in [6.45, 7) is 5.64. The molecule has 4 heterocycles. The van der Waals surface area contributed by atoms with Gasteiger partial charge in [-0.05, 0) is 36.1 Å². The number of ether oxygens (including phenoxy) is 1. The van der Waals surface area contributed by atoms with E-state index in [1.54, 1.807) is 12.4 Å². The number of thiazole rings is 1. The molecule has 2 amide bonds. The van der Waals surface area contributed by atoms with Gasteiger partial charge < -0.3 is 29.7 Å². The Morgan fingerprint density at radius 1 is 1.36 bits per heavy atom. The summed E-state index contributed by atoms with van der Waals surface area (Å²) < 4.78 is 20.5. The second-order valence-electron chi connectivity index (χ2n) is 11.5.